The summed E-state index contributed by atoms with van der Waals surface area (Å²) in [5, 5.41) is 0. The summed E-state index contributed by atoms with van der Waals surface area (Å²) >= 11 is 0. The van der Waals surface area contributed by atoms with Gasteiger partial charge in [-0.05, 0) is 24.2 Å². The summed E-state index contributed by atoms with van der Waals surface area (Å²) in [5.74, 6) is 0.240. The normalized spacial score (nSPS) is 25.6. The molecule has 0 bridgehead atoms. The van der Waals surface area contributed by atoms with Crippen LogP contribution in [0.4, 0.5) is 0 Å². The molecule has 112 valence electrons. The Morgan fingerprint density at radius 3 is 2.37 bits per heavy atom. The van der Waals surface area contributed by atoms with E-state index in [4.69, 9.17) is 9.47 Å². The molecule has 0 amide bonds. The largest absolute Gasteiger partial charge is 0.456 e. The van der Waals surface area contributed by atoms with Crippen LogP contribution in [0.2, 0.25) is 0 Å². The van der Waals surface area contributed by atoms with E-state index in [-0.39, 0.29) is 22.9 Å². The van der Waals surface area contributed by atoms with E-state index in [1.54, 1.807) is 0 Å². The number of hydrogen-bond acceptors (Lipinski definition) is 3. The third kappa shape index (κ3) is 4.79. The molecule has 0 aromatic rings. The van der Waals surface area contributed by atoms with E-state index < -0.39 is 0 Å². The van der Waals surface area contributed by atoms with Crippen molar-refractivity contribution in [2.45, 2.75) is 66.4 Å². The lowest BCUT2D eigenvalue weighted by molar-refractivity contribution is -0.168. The first-order chi connectivity index (χ1) is 8.69. The number of hydrogen-bond donors (Lipinski definition) is 0. The van der Waals surface area contributed by atoms with E-state index in [9.17, 15) is 4.79 Å². The van der Waals surface area contributed by atoms with Gasteiger partial charge in [0.25, 0.3) is 0 Å². The second kappa shape index (κ2) is 6.25. The predicted molar refractivity (Wildman–Crippen MR) is 77.0 cm³/mol. The lowest BCUT2D eigenvalue weighted by atomic mass is 9.79. The number of rotatable bonds is 5. The third-order valence-corrected chi connectivity index (χ3v) is 3.97. The Morgan fingerprint density at radius 2 is 2.00 bits per heavy atom. The molecule has 0 aromatic heterocycles. The van der Waals surface area contributed by atoms with E-state index in [0.29, 0.717) is 19.1 Å². The van der Waals surface area contributed by atoms with Crippen LogP contribution in [0, 0.1) is 17.3 Å². The molecule has 19 heavy (non-hydrogen) atoms. The van der Waals surface area contributed by atoms with Crippen LogP contribution in [0.3, 0.4) is 0 Å². The standard InChI is InChI=1S/C16H30O3/c1-7-16(8-9-18-11-16)19-14(17)13(12(2)3)10-15(4,5)6/h12-13H,7-11H2,1-6H3. The Balaban J connectivity index is 2.72. The highest BCUT2D eigenvalue weighted by Crippen LogP contribution is 2.33. The van der Waals surface area contributed by atoms with Crippen LogP contribution in [0.25, 0.3) is 0 Å². The molecule has 1 fully saturated rings. The van der Waals surface area contributed by atoms with Gasteiger partial charge in [0.15, 0.2) is 0 Å². The monoisotopic (exact) mass is 270 g/mol. The van der Waals surface area contributed by atoms with E-state index in [1.165, 1.54) is 0 Å². The molecular weight excluding hydrogens is 240 g/mol. The maximum absolute atomic E-state index is 12.5. The Labute approximate surface area is 118 Å². The van der Waals surface area contributed by atoms with Crippen LogP contribution in [0.15, 0.2) is 0 Å². The Hall–Kier alpha value is -0.570. The summed E-state index contributed by atoms with van der Waals surface area (Å²) in [7, 11) is 0. The first kappa shape index (κ1) is 16.5. The topological polar surface area (TPSA) is 35.5 Å². The van der Waals surface area contributed by atoms with E-state index in [2.05, 4.69) is 41.5 Å². The van der Waals surface area contributed by atoms with Gasteiger partial charge in [-0.25, -0.2) is 0 Å². The van der Waals surface area contributed by atoms with Crippen molar-refractivity contribution in [2.75, 3.05) is 13.2 Å². The number of esters is 1. The first-order valence-electron chi connectivity index (χ1n) is 7.50. The van der Waals surface area contributed by atoms with E-state index >= 15 is 0 Å². The summed E-state index contributed by atoms with van der Waals surface area (Å²) < 4.78 is 11.3. The van der Waals surface area contributed by atoms with Crippen molar-refractivity contribution >= 4 is 5.97 Å². The van der Waals surface area contributed by atoms with Gasteiger partial charge in [0.05, 0.1) is 19.1 Å². The van der Waals surface area contributed by atoms with Gasteiger partial charge in [0.1, 0.15) is 5.60 Å². The quantitative estimate of drug-likeness (QED) is 0.713. The van der Waals surface area contributed by atoms with Crippen molar-refractivity contribution in [3.05, 3.63) is 0 Å². The minimum Gasteiger partial charge on any atom is -0.456 e. The second-order valence-electron chi connectivity index (χ2n) is 7.38. The van der Waals surface area contributed by atoms with Gasteiger partial charge in [0.2, 0.25) is 0 Å². The van der Waals surface area contributed by atoms with Crippen molar-refractivity contribution in [3.8, 4) is 0 Å². The summed E-state index contributed by atoms with van der Waals surface area (Å²) in [6.07, 6.45) is 2.53. The van der Waals surface area contributed by atoms with Gasteiger partial charge < -0.3 is 9.47 Å². The lowest BCUT2D eigenvalue weighted by Crippen LogP contribution is -2.39. The summed E-state index contributed by atoms with van der Waals surface area (Å²) in [5.41, 5.74) is -0.235. The molecule has 0 aliphatic carbocycles. The summed E-state index contributed by atoms with van der Waals surface area (Å²) in [6, 6.07) is 0. The molecule has 0 radical (unpaired) electrons. The van der Waals surface area contributed by atoms with Gasteiger partial charge in [0, 0.05) is 6.42 Å². The minimum atomic E-state index is -0.373. The van der Waals surface area contributed by atoms with Crippen LogP contribution in [0.1, 0.15) is 60.8 Å². The van der Waals surface area contributed by atoms with Gasteiger partial charge in [-0.1, -0.05) is 41.5 Å². The van der Waals surface area contributed by atoms with Crippen molar-refractivity contribution < 1.29 is 14.3 Å². The fourth-order valence-corrected chi connectivity index (χ4v) is 2.56. The smallest absolute Gasteiger partial charge is 0.309 e. The summed E-state index contributed by atoms with van der Waals surface area (Å²) in [4.78, 5) is 12.5. The minimum absolute atomic E-state index is 0.0241. The second-order valence-corrected chi connectivity index (χ2v) is 7.38. The molecule has 2 atom stereocenters. The van der Waals surface area contributed by atoms with Crippen LogP contribution in [-0.4, -0.2) is 24.8 Å². The van der Waals surface area contributed by atoms with Gasteiger partial charge >= 0.3 is 5.97 Å². The van der Waals surface area contributed by atoms with Gasteiger partial charge in [-0.15, -0.1) is 0 Å². The first-order valence-corrected chi connectivity index (χ1v) is 7.50. The van der Waals surface area contributed by atoms with E-state index in [0.717, 1.165) is 19.3 Å². The molecule has 3 heteroatoms. The average molecular weight is 270 g/mol. The zero-order valence-corrected chi connectivity index (χ0v) is 13.4. The Bertz CT molecular complexity index is 296. The molecule has 1 aliphatic rings. The molecule has 1 saturated heterocycles. The van der Waals surface area contributed by atoms with Gasteiger partial charge in [-0.2, -0.15) is 0 Å². The Morgan fingerprint density at radius 1 is 1.37 bits per heavy atom. The van der Waals surface area contributed by atoms with Crippen LogP contribution in [-0.2, 0) is 14.3 Å². The molecule has 0 aromatic carbocycles. The van der Waals surface area contributed by atoms with E-state index in [1.807, 2.05) is 0 Å². The van der Waals surface area contributed by atoms with Crippen LogP contribution < -0.4 is 0 Å². The molecule has 2 unspecified atom stereocenters. The van der Waals surface area contributed by atoms with Crippen molar-refractivity contribution in [3.63, 3.8) is 0 Å². The lowest BCUT2D eigenvalue weighted by Gasteiger charge is -2.32. The molecule has 1 rings (SSSR count). The highest BCUT2D eigenvalue weighted by atomic mass is 16.6. The summed E-state index contributed by atoms with van der Waals surface area (Å²) in [6.45, 7) is 14.0. The maximum Gasteiger partial charge on any atom is 0.309 e. The molecule has 0 spiro atoms. The highest BCUT2D eigenvalue weighted by molar-refractivity contribution is 5.73. The fraction of sp³-hybridized carbons (Fsp3) is 0.938. The maximum atomic E-state index is 12.5. The average Bonchev–Trinajstić information content (AvgIpc) is 2.73. The Kier molecular flexibility index (Phi) is 5.43. The molecule has 1 aliphatic heterocycles. The third-order valence-electron chi connectivity index (χ3n) is 3.97. The number of carbonyl (C=O) groups excluding carboxylic acids is 1. The molecule has 0 saturated carbocycles. The fourth-order valence-electron chi connectivity index (χ4n) is 2.56. The van der Waals surface area contributed by atoms with Crippen LogP contribution in [0.5, 0.6) is 0 Å². The van der Waals surface area contributed by atoms with Crippen molar-refractivity contribution in [1.82, 2.24) is 0 Å². The molecule has 0 N–H and O–H groups in total. The van der Waals surface area contributed by atoms with Crippen molar-refractivity contribution in [2.24, 2.45) is 17.3 Å². The zero-order valence-electron chi connectivity index (χ0n) is 13.4. The number of carbonyl (C=O) groups is 1. The number of ether oxygens (including phenoxy) is 2. The SMILES string of the molecule is CCC1(OC(=O)C(CC(C)(C)C)C(C)C)CCOC1. The van der Waals surface area contributed by atoms with Crippen LogP contribution >= 0.6 is 0 Å². The van der Waals surface area contributed by atoms with Crippen molar-refractivity contribution in [1.29, 1.82) is 0 Å². The molecular formula is C16H30O3. The van der Waals surface area contributed by atoms with Gasteiger partial charge in [-0.3, -0.25) is 4.79 Å². The molecule has 3 nitrogen and oxygen atoms in total. The highest BCUT2D eigenvalue weighted by Gasteiger charge is 2.40. The molecule has 1 heterocycles. The predicted octanol–water partition coefficient (Wildman–Crippen LogP) is 3.81. The zero-order chi connectivity index (χ0) is 14.7.